The van der Waals surface area contributed by atoms with Crippen LogP contribution in [0.15, 0.2) is 0 Å². The van der Waals surface area contributed by atoms with E-state index in [4.69, 9.17) is 10.5 Å². The quantitative estimate of drug-likeness (QED) is 0.775. The molecule has 2 amide bonds. The van der Waals surface area contributed by atoms with E-state index < -0.39 is 6.03 Å². The molecule has 18 heavy (non-hydrogen) atoms. The SMILES string of the molecule is NC(=O)N1CCCC1COC(=O)CC1CCCC1. The Morgan fingerprint density at radius 1 is 1.17 bits per heavy atom. The maximum absolute atomic E-state index is 11.7. The molecule has 102 valence electrons. The van der Waals surface area contributed by atoms with Gasteiger partial charge in [-0.05, 0) is 31.6 Å². The first-order chi connectivity index (χ1) is 8.66. The number of ether oxygens (including phenoxy) is 1. The fraction of sp³-hybridized carbons (Fsp3) is 0.846. The number of urea groups is 1. The highest BCUT2D eigenvalue weighted by atomic mass is 16.5. The summed E-state index contributed by atoms with van der Waals surface area (Å²) < 4.78 is 5.28. The number of hydrogen-bond acceptors (Lipinski definition) is 3. The van der Waals surface area contributed by atoms with Crippen molar-refractivity contribution in [2.24, 2.45) is 11.7 Å². The summed E-state index contributed by atoms with van der Waals surface area (Å²) in [5.41, 5.74) is 5.27. The molecule has 0 aromatic rings. The molecule has 2 rings (SSSR count). The highest BCUT2D eigenvalue weighted by Crippen LogP contribution is 2.27. The minimum Gasteiger partial charge on any atom is -0.463 e. The normalized spacial score (nSPS) is 24.4. The third kappa shape index (κ3) is 3.37. The van der Waals surface area contributed by atoms with Crippen LogP contribution in [0.1, 0.15) is 44.9 Å². The summed E-state index contributed by atoms with van der Waals surface area (Å²) in [5, 5.41) is 0. The zero-order chi connectivity index (χ0) is 13.0. The maximum atomic E-state index is 11.7. The molecule has 2 N–H and O–H groups in total. The van der Waals surface area contributed by atoms with Gasteiger partial charge in [-0.2, -0.15) is 0 Å². The van der Waals surface area contributed by atoms with Crippen molar-refractivity contribution in [1.82, 2.24) is 4.90 Å². The van der Waals surface area contributed by atoms with Crippen LogP contribution < -0.4 is 5.73 Å². The zero-order valence-corrected chi connectivity index (χ0v) is 10.8. The van der Waals surface area contributed by atoms with E-state index >= 15 is 0 Å². The van der Waals surface area contributed by atoms with Gasteiger partial charge in [0, 0.05) is 13.0 Å². The molecule has 1 atom stereocenters. The molecule has 0 aromatic carbocycles. The van der Waals surface area contributed by atoms with Crippen LogP contribution in [0.25, 0.3) is 0 Å². The van der Waals surface area contributed by atoms with E-state index in [0.29, 0.717) is 25.5 Å². The summed E-state index contributed by atoms with van der Waals surface area (Å²) in [4.78, 5) is 24.4. The van der Waals surface area contributed by atoms with Crippen LogP contribution >= 0.6 is 0 Å². The molecule has 2 fully saturated rings. The second kappa shape index (κ2) is 6.07. The number of hydrogen-bond donors (Lipinski definition) is 1. The largest absolute Gasteiger partial charge is 0.463 e. The lowest BCUT2D eigenvalue weighted by Gasteiger charge is -2.22. The van der Waals surface area contributed by atoms with Crippen molar-refractivity contribution < 1.29 is 14.3 Å². The topological polar surface area (TPSA) is 72.6 Å². The van der Waals surface area contributed by atoms with Crippen molar-refractivity contribution in [2.45, 2.75) is 51.0 Å². The number of carbonyl (C=O) groups excluding carboxylic acids is 2. The summed E-state index contributed by atoms with van der Waals surface area (Å²) in [7, 11) is 0. The van der Waals surface area contributed by atoms with Crippen LogP contribution in [0.5, 0.6) is 0 Å². The summed E-state index contributed by atoms with van der Waals surface area (Å²) in [6, 6.07) is -0.431. The van der Waals surface area contributed by atoms with Gasteiger partial charge in [0.2, 0.25) is 0 Å². The number of nitrogens with two attached hydrogens (primary N) is 1. The van der Waals surface area contributed by atoms with Gasteiger partial charge in [-0.15, -0.1) is 0 Å². The van der Waals surface area contributed by atoms with Crippen molar-refractivity contribution in [3.05, 3.63) is 0 Å². The summed E-state index contributed by atoms with van der Waals surface area (Å²) in [5.74, 6) is 0.381. The lowest BCUT2D eigenvalue weighted by Crippen LogP contribution is -2.42. The zero-order valence-electron chi connectivity index (χ0n) is 10.8. The Morgan fingerprint density at radius 2 is 1.89 bits per heavy atom. The molecule has 0 bridgehead atoms. The van der Waals surface area contributed by atoms with Gasteiger partial charge in [-0.3, -0.25) is 4.79 Å². The first-order valence-electron chi connectivity index (χ1n) is 6.88. The smallest absolute Gasteiger partial charge is 0.315 e. The fourth-order valence-corrected chi connectivity index (χ4v) is 3.00. The van der Waals surface area contributed by atoms with E-state index in [2.05, 4.69) is 0 Å². The van der Waals surface area contributed by atoms with Crippen molar-refractivity contribution in [3.63, 3.8) is 0 Å². The van der Waals surface area contributed by atoms with E-state index in [-0.39, 0.29) is 12.0 Å². The average Bonchev–Trinajstić information content (AvgIpc) is 2.96. The van der Waals surface area contributed by atoms with E-state index in [1.165, 1.54) is 12.8 Å². The summed E-state index contributed by atoms with van der Waals surface area (Å²) >= 11 is 0. The fourth-order valence-electron chi connectivity index (χ4n) is 3.00. The van der Waals surface area contributed by atoms with Crippen LogP contribution in [0.3, 0.4) is 0 Å². The van der Waals surface area contributed by atoms with Gasteiger partial charge in [0.1, 0.15) is 6.61 Å². The third-order valence-corrected chi connectivity index (χ3v) is 4.03. The Hall–Kier alpha value is -1.26. The Morgan fingerprint density at radius 3 is 2.56 bits per heavy atom. The van der Waals surface area contributed by atoms with Gasteiger partial charge >= 0.3 is 12.0 Å². The monoisotopic (exact) mass is 254 g/mol. The molecule has 1 saturated heterocycles. The molecule has 5 heteroatoms. The number of rotatable bonds is 4. The molecule has 5 nitrogen and oxygen atoms in total. The van der Waals surface area contributed by atoms with Crippen LogP contribution in [0.4, 0.5) is 4.79 Å². The van der Waals surface area contributed by atoms with E-state index in [0.717, 1.165) is 25.7 Å². The number of carbonyl (C=O) groups is 2. The lowest BCUT2D eigenvalue weighted by molar-refractivity contribution is -0.146. The lowest BCUT2D eigenvalue weighted by atomic mass is 10.0. The van der Waals surface area contributed by atoms with Gasteiger partial charge in [0.15, 0.2) is 0 Å². The molecule has 1 aliphatic heterocycles. The van der Waals surface area contributed by atoms with Gasteiger partial charge < -0.3 is 15.4 Å². The molecule has 2 aliphatic rings. The molecule has 1 aliphatic carbocycles. The first kappa shape index (κ1) is 13.2. The van der Waals surface area contributed by atoms with Crippen LogP contribution in [0.2, 0.25) is 0 Å². The molecule has 0 radical (unpaired) electrons. The Labute approximate surface area is 108 Å². The van der Waals surface area contributed by atoms with E-state index in [1.54, 1.807) is 4.90 Å². The van der Waals surface area contributed by atoms with Crippen LogP contribution in [0, 0.1) is 5.92 Å². The van der Waals surface area contributed by atoms with Gasteiger partial charge in [-0.25, -0.2) is 4.79 Å². The number of primary amides is 1. The van der Waals surface area contributed by atoms with Crippen LogP contribution in [-0.2, 0) is 9.53 Å². The Balaban J connectivity index is 1.70. The molecular weight excluding hydrogens is 232 g/mol. The highest BCUT2D eigenvalue weighted by molar-refractivity contribution is 5.73. The molecular formula is C13H22N2O3. The molecule has 1 saturated carbocycles. The maximum Gasteiger partial charge on any atom is 0.315 e. The minimum absolute atomic E-state index is 0.0185. The van der Waals surface area contributed by atoms with E-state index in [9.17, 15) is 9.59 Å². The standard InChI is InChI=1S/C13H22N2O3/c14-13(17)15-7-3-6-11(15)9-18-12(16)8-10-4-1-2-5-10/h10-11H,1-9H2,(H2,14,17). The first-order valence-corrected chi connectivity index (χ1v) is 6.88. The number of nitrogens with zero attached hydrogens (tertiary/aromatic N) is 1. The van der Waals surface area contributed by atoms with Crippen molar-refractivity contribution in [2.75, 3.05) is 13.2 Å². The number of amides is 2. The molecule has 1 unspecified atom stereocenters. The Kier molecular flexibility index (Phi) is 4.44. The highest BCUT2D eigenvalue weighted by Gasteiger charge is 2.28. The predicted octanol–water partition coefficient (Wildman–Crippen LogP) is 1.65. The average molecular weight is 254 g/mol. The third-order valence-electron chi connectivity index (χ3n) is 4.03. The molecule has 0 aromatic heterocycles. The minimum atomic E-state index is -0.413. The van der Waals surface area contributed by atoms with Gasteiger partial charge in [0.05, 0.1) is 6.04 Å². The molecule has 1 heterocycles. The summed E-state index contributed by atoms with van der Waals surface area (Å²) in [6.07, 6.45) is 7.10. The van der Waals surface area contributed by atoms with Crippen LogP contribution in [-0.4, -0.2) is 36.1 Å². The van der Waals surface area contributed by atoms with Crippen molar-refractivity contribution in [1.29, 1.82) is 0 Å². The van der Waals surface area contributed by atoms with E-state index in [1.807, 2.05) is 0 Å². The predicted molar refractivity (Wildman–Crippen MR) is 66.8 cm³/mol. The number of likely N-dealkylation sites (tertiary alicyclic amines) is 1. The second-order valence-electron chi connectivity index (χ2n) is 5.37. The van der Waals surface area contributed by atoms with Crippen molar-refractivity contribution >= 4 is 12.0 Å². The summed E-state index contributed by atoms with van der Waals surface area (Å²) in [6.45, 7) is 0.981. The Bertz CT molecular complexity index is 313. The van der Waals surface area contributed by atoms with Crippen molar-refractivity contribution in [3.8, 4) is 0 Å². The molecule has 0 spiro atoms. The second-order valence-corrected chi connectivity index (χ2v) is 5.37. The number of esters is 1. The van der Waals surface area contributed by atoms with Gasteiger partial charge in [0.25, 0.3) is 0 Å². The van der Waals surface area contributed by atoms with Gasteiger partial charge in [-0.1, -0.05) is 12.8 Å².